The lowest BCUT2D eigenvalue weighted by Crippen LogP contribution is -2.46. The number of nitrogens with two attached hydrogens (primary N) is 2. The summed E-state index contributed by atoms with van der Waals surface area (Å²) in [7, 11) is 0. The zero-order chi connectivity index (χ0) is 17.8. The maximum absolute atomic E-state index is 12.5. The van der Waals surface area contributed by atoms with Gasteiger partial charge in [-0.05, 0) is 31.1 Å². The number of hydrogen-bond acceptors (Lipinski definition) is 5. The summed E-state index contributed by atoms with van der Waals surface area (Å²) in [5.74, 6) is -0.845. The molecule has 1 aliphatic carbocycles. The van der Waals surface area contributed by atoms with Crippen LogP contribution >= 0.6 is 0 Å². The SMILES string of the molecule is NC(=O)c1cccc(C2=NC(C(=O)NC3=CCCC=C3)C(N)N=C2)c1. The van der Waals surface area contributed by atoms with E-state index in [2.05, 4.69) is 15.3 Å². The molecule has 1 aromatic carbocycles. The van der Waals surface area contributed by atoms with Gasteiger partial charge in [0.1, 0.15) is 6.17 Å². The molecule has 2 aliphatic rings. The monoisotopic (exact) mass is 337 g/mol. The maximum atomic E-state index is 12.5. The normalized spacial score (nSPS) is 22.1. The van der Waals surface area contributed by atoms with Crippen LogP contribution in [0.2, 0.25) is 0 Å². The molecule has 0 saturated carbocycles. The van der Waals surface area contributed by atoms with Crippen LogP contribution in [0.15, 0.2) is 58.2 Å². The molecule has 7 heteroatoms. The van der Waals surface area contributed by atoms with Crippen LogP contribution in [0, 0.1) is 0 Å². The van der Waals surface area contributed by atoms with Crippen molar-refractivity contribution in [3.05, 3.63) is 59.3 Å². The van der Waals surface area contributed by atoms with Gasteiger partial charge in [0.2, 0.25) is 5.91 Å². The third kappa shape index (κ3) is 3.89. The first kappa shape index (κ1) is 16.8. The van der Waals surface area contributed by atoms with Crippen LogP contribution in [-0.2, 0) is 4.79 Å². The molecule has 2 unspecified atom stereocenters. The Morgan fingerprint density at radius 3 is 2.80 bits per heavy atom. The molecule has 0 fully saturated rings. The van der Waals surface area contributed by atoms with Crippen LogP contribution < -0.4 is 16.8 Å². The third-order valence-corrected chi connectivity index (χ3v) is 3.94. The van der Waals surface area contributed by atoms with E-state index in [9.17, 15) is 9.59 Å². The molecule has 2 atom stereocenters. The second kappa shape index (κ2) is 7.23. The fourth-order valence-electron chi connectivity index (χ4n) is 2.61. The van der Waals surface area contributed by atoms with Crippen molar-refractivity contribution in [3.8, 4) is 0 Å². The Labute approximate surface area is 145 Å². The molecule has 1 heterocycles. The average molecular weight is 337 g/mol. The standard InChI is InChI=1S/C18H19N5O2/c19-16-15(18(25)22-13-7-2-1-3-8-13)23-14(10-21-16)11-5-4-6-12(9-11)17(20)24/h2,4-10,15-16H,1,3,19H2,(H2,20,24)(H,22,25). The van der Waals surface area contributed by atoms with E-state index < -0.39 is 18.1 Å². The van der Waals surface area contributed by atoms with Crippen molar-refractivity contribution in [2.45, 2.75) is 25.0 Å². The van der Waals surface area contributed by atoms with Crippen LogP contribution in [0.1, 0.15) is 28.8 Å². The third-order valence-electron chi connectivity index (χ3n) is 3.94. The summed E-state index contributed by atoms with van der Waals surface area (Å²) in [5, 5.41) is 2.82. The van der Waals surface area contributed by atoms with Crippen LogP contribution in [-0.4, -0.2) is 35.9 Å². The molecule has 1 aromatic rings. The van der Waals surface area contributed by atoms with Gasteiger partial charge in [-0.15, -0.1) is 0 Å². The zero-order valence-corrected chi connectivity index (χ0v) is 13.6. The Kier molecular flexibility index (Phi) is 4.85. The summed E-state index contributed by atoms with van der Waals surface area (Å²) >= 11 is 0. The molecule has 0 aromatic heterocycles. The van der Waals surface area contributed by atoms with Gasteiger partial charge in [-0.1, -0.05) is 24.3 Å². The number of allylic oxidation sites excluding steroid dienone is 3. The Morgan fingerprint density at radius 1 is 1.24 bits per heavy atom. The number of hydrogen-bond donors (Lipinski definition) is 3. The van der Waals surface area contributed by atoms with E-state index in [4.69, 9.17) is 11.5 Å². The van der Waals surface area contributed by atoms with Crippen LogP contribution in [0.3, 0.4) is 0 Å². The maximum Gasteiger partial charge on any atom is 0.252 e. The first-order valence-corrected chi connectivity index (χ1v) is 7.99. The fraction of sp³-hybridized carbons (Fsp3) is 0.222. The number of nitrogens with one attached hydrogen (secondary N) is 1. The number of nitrogens with zero attached hydrogens (tertiary/aromatic N) is 2. The van der Waals surface area contributed by atoms with Gasteiger partial charge in [-0.2, -0.15) is 0 Å². The summed E-state index contributed by atoms with van der Waals surface area (Å²) in [6, 6.07) is 5.87. The number of aliphatic imine (C=N–C) groups is 2. The van der Waals surface area contributed by atoms with Gasteiger partial charge in [0.25, 0.3) is 5.91 Å². The van der Waals surface area contributed by atoms with E-state index in [0.29, 0.717) is 16.8 Å². The van der Waals surface area contributed by atoms with E-state index in [0.717, 1.165) is 18.5 Å². The van der Waals surface area contributed by atoms with Crippen molar-refractivity contribution in [3.63, 3.8) is 0 Å². The van der Waals surface area contributed by atoms with Crippen molar-refractivity contribution in [2.24, 2.45) is 21.5 Å². The Hall–Kier alpha value is -3.06. The first-order chi connectivity index (χ1) is 12.0. The Bertz CT molecular complexity index is 823. The molecule has 5 N–H and O–H groups in total. The molecule has 7 nitrogen and oxygen atoms in total. The molecule has 0 saturated heterocycles. The van der Waals surface area contributed by atoms with Crippen molar-refractivity contribution in [2.75, 3.05) is 0 Å². The number of benzene rings is 1. The Balaban J connectivity index is 1.83. The van der Waals surface area contributed by atoms with E-state index in [1.165, 1.54) is 6.21 Å². The Morgan fingerprint density at radius 2 is 2.08 bits per heavy atom. The summed E-state index contributed by atoms with van der Waals surface area (Å²) in [6.45, 7) is 0. The van der Waals surface area contributed by atoms with Gasteiger partial charge in [-0.25, -0.2) is 0 Å². The lowest BCUT2D eigenvalue weighted by molar-refractivity contribution is -0.121. The van der Waals surface area contributed by atoms with Gasteiger partial charge in [-0.3, -0.25) is 19.6 Å². The number of carbonyl (C=O) groups is 2. The minimum Gasteiger partial charge on any atom is -0.366 e. The fourth-order valence-corrected chi connectivity index (χ4v) is 2.61. The summed E-state index contributed by atoms with van der Waals surface area (Å²) in [6.07, 6.45) is 8.42. The summed E-state index contributed by atoms with van der Waals surface area (Å²) < 4.78 is 0. The van der Waals surface area contributed by atoms with Gasteiger partial charge >= 0.3 is 0 Å². The molecule has 1 aliphatic heterocycles. The summed E-state index contributed by atoms with van der Waals surface area (Å²) in [5.41, 5.74) is 13.5. The molecule has 0 spiro atoms. The van der Waals surface area contributed by atoms with E-state index in [1.807, 2.05) is 18.2 Å². The number of primary amides is 1. The predicted molar refractivity (Wildman–Crippen MR) is 96.4 cm³/mol. The average Bonchev–Trinajstić information content (AvgIpc) is 2.63. The van der Waals surface area contributed by atoms with Gasteiger partial charge in [0.15, 0.2) is 6.04 Å². The van der Waals surface area contributed by atoms with Gasteiger partial charge < -0.3 is 16.8 Å². The second-order valence-corrected chi connectivity index (χ2v) is 5.80. The first-order valence-electron chi connectivity index (χ1n) is 7.99. The van der Waals surface area contributed by atoms with E-state index in [-0.39, 0.29) is 5.91 Å². The van der Waals surface area contributed by atoms with Crippen molar-refractivity contribution in [1.82, 2.24) is 5.32 Å². The van der Waals surface area contributed by atoms with Crippen LogP contribution in [0.5, 0.6) is 0 Å². The molecule has 128 valence electrons. The van der Waals surface area contributed by atoms with E-state index in [1.54, 1.807) is 24.3 Å². The second-order valence-electron chi connectivity index (χ2n) is 5.80. The van der Waals surface area contributed by atoms with E-state index >= 15 is 0 Å². The minimum absolute atomic E-state index is 0.314. The minimum atomic E-state index is -0.839. The molecule has 2 amide bonds. The highest BCUT2D eigenvalue weighted by molar-refractivity contribution is 6.39. The van der Waals surface area contributed by atoms with Crippen molar-refractivity contribution < 1.29 is 9.59 Å². The molecular formula is C18H19N5O2. The largest absolute Gasteiger partial charge is 0.366 e. The van der Waals surface area contributed by atoms with Crippen molar-refractivity contribution >= 4 is 23.7 Å². The predicted octanol–water partition coefficient (Wildman–Crippen LogP) is 0.663. The number of rotatable bonds is 4. The highest BCUT2D eigenvalue weighted by Gasteiger charge is 2.28. The molecule has 0 radical (unpaired) electrons. The molecule has 3 rings (SSSR count). The van der Waals surface area contributed by atoms with Gasteiger partial charge in [0, 0.05) is 23.0 Å². The van der Waals surface area contributed by atoms with Gasteiger partial charge in [0.05, 0.1) is 5.71 Å². The van der Waals surface area contributed by atoms with Crippen LogP contribution in [0.4, 0.5) is 0 Å². The zero-order valence-electron chi connectivity index (χ0n) is 13.6. The van der Waals surface area contributed by atoms with Crippen molar-refractivity contribution in [1.29, 1.82) is 0 Å². The highest BCUT2D eigenvalue weighted by atomic mass is 16.2. The molecule has 0 bridgehead atoms. The molecule has 25 heavy (non-hydrogen) atoms. The quantitative estimate of drug-likeness (QED) is 0.748. The smallest absolute Gasteiger partial charge is 0.252 e. The number of carbonyl (C=O) groups excluding carboxylic acids is 2. The highest BCUT2D eigenvalue weighted by Crippen LogP contribution is 2.13. The topological polar surface area (TPSA) is 123 Å². The van der Waals surface area contributed by atoms with Crippen LogP contribution in [0.25, 0.3) is 0 Å². The number of amides is 2. The molecular weight excluding hydrogens is 318 g/mol. The lowest BCUT2D eigenvalue weighted by Gasteiger charge is -2.22. The summed E-state index contributed by atoms with van der Waals surface area (Å²) in [4.78, 5) is 32.4. The lowest BCUT2D eigenvalue weighted by atomic mass is 10.0.